The summed E-state index contributed by atoms with van der Waals surface area (Å²) < 4.78 is 2.06. The largest absolute Gasteiger partial charge is 0.383 e. The number of allylic oxidation sites excluding steroid dienone is 2. The van der Waals surface area contributed by atoms with Crippen LogP contribution in [0.25, 0.3) is 0 Å². The molecular formula is C9H11N3. The average molecular weight is 161 g/mol. The number of nitrogens with zero attached hydrogens (tertiary/aromatic N) is 2. The molecule has 3 heteroatoms. The molecule has 0 bridgehead atoms. The van der Waals surface area contributed by atoms with Crippen molar-refractivity contribution in [1.82, 2.24) is 14.9 Å². The summed E-state index contributed by atoms with van der Waals surface area (Å²) in [5.74, 6) is 0. The van der Waals surface area contributed by atoms with Crippen molar-refractivity contribution in [3.63, 3.8) is 0 Å². The first-order chi connectivity index (χ1) is 5.95. The van der Waals surface area contributed by atoms with Crippen molar-refractivity contribution in [2.45, 2.75) is 12.6 Å². The molecule has 2 rings (SSSR count). The van der Waals surface area contributed by atoms with Crippen LogP contribution in [0, 0.1) is 0 Å². The maximum Gasteiger partial charge on any atom is 0.0946 e. The van der Waals surface area contributed by atoms with Crippen LogP contribution in [-0.4, -0.2) is 15.6 Å². The maximum atomic E-state index is 3.98. The van der Waals surface area contributed by atoms with Crippen molar-refractivity contribution in [2.75, 3.05) is 0 Å². The Morgan fingerprint density at radius 2 is 2.42 bits per heavy atom. The van der Waals surface area contributed by atoms with Crippen molar-refractivity contribution in [1.29, 1.82) is 0 Å². The van der Waals surface area contributed by atoms with E-state index in [0.29, 0.717) is 6.04 Å². The summed E-state index contributed by atoms with van der Waals surface area (Å²) in [5, 5.41) is 3.24. The summed E-state index contributed by atoms with van der Waals surface area (Å²) in [6.45, 7) is 0.931. The zero-order chi connectivity index (χ0) is 8.23. The van der Waals surface area contributed by atoms with Gasteiger partial charge >= 0.3 is 0 Å². The third kappa shape index (κ3) is 1.56. The lowest BCUT2D eigenvalue weighted by molar-refractivity contribution is 0.569. The molecule has 0 spiro atoms. The van der Waals surface area contributed by atoms with Gasteiger partial charge in [0.2, 0.25) is 0 Å². The number of dihydropyridines is 1. The van der Waals surface area contributed by atoms with Crippen molar-refractivity contribution < 1.29 is 0 Å². The van der Waals surface area contributed by atoms with E-state index in [-0.39, 0.29) is 0 Å². The Morgan fingerprint density at radius 3 is 3.08 bits per heavy atom. The molecule has 1 N–H and O–H groups in total. The van der Waals surface area contributed by atoms with Gasteiger partial charge in [-0.25, -0.2) is 4.98 Å². The fourth-order valence-corrected chi connectivity index (χ4v) is 1.22. The molecule has 1 aliphatic rings. The van der Waals surface area contributed by atoms with Gasteiger partial charge in [0.1, 0.15) is 0 Å². The Bertz CT molecular complexity index is 285. The van der Waals surface area contributed by atoms with E-state index in [2.05, 4.69) is 27.0 Å². The van der Waals surface area contributed by atoms with Crippen LogP contribution in [0.4, 0.5) is 0 Å². The second-order valence-electron chi connectivity index (χ2n) is 2.78. The van der Waals surface area contributed by atoms with Gasteiger partial charge in [-0.3, -0.25) is 0 Å². The molecule has 12 heavy (non-hydrogen) atoms. The monoisotopic (exact) mass is 161 g/mol. The predicted octanol–water partition coefficient (Wildman–Crippen LogP) is 0.925. The minimum absolute atomic E-state index is 0.393. The van der Waals surface area contributed by atoms with E-state index in [1.165, 1.54) is 0 Å². The lowest BCUT2D eigenvalue weighted by atomic mass is 10.2. The molecular weight excluding hydrogens is 150 g/mol. The molecule has 3 nitrogen and oxygen atoms in total. The van der Waals surface area contributed by atoms with Gasteiger partial charge in [0.15, 0.2) is 0 Å². The highest BCUT2D eigenvalue weighted by Crippen LogP contribution is 1.98. The van der Waals surface area contributed by atoms with Gasteiger partial charge < -0.3 is 9.88 Å². The lowest BCUT2D eigenvalue weighted by Gasteiger charge is -2.15. The van der Waals surface area contributed by atoms with Crippen LogP contribution in [-0.2, 0) is 6.54 Å². The molecule has 0 saturated heterocycles. The summed E-state index contributed by atoms with van der Waals surface area (Å²) in [6.07, 6.45) is 13.7. The molecule has 0 saturated carbocycles. The Hall–Kier alpha value is -1.51. The van der Waals surface area contributed by atoms with Gasteiger partial charge in [0, 0.05) is 18.9 Å². The smallest absolute Gasteiger partial charge is 0.0946 e. The molecule has 1 aromatic rings. The van der Waals surface area contributed by atoms with Crippen molar-refractivity contribution in [3.8, 4) is 0 Å². The van der Waals surface area contributed by atoms with Gasteiger partial charge in [-0.15, -0.1) is 0 Å². The minimum Gasteiger partial charge on any atom is -0.383 e. The van der Waals surface area contributed by atoms with Gasteiger partial charge in [0.25, 0.3) is 0 Å². The number of imidazole rings is 1. The van der Waals surface area contributed by atoms with Gasteiger partial charge in [-0.2, -0.15) is 0 Å². The quantitative estimate of drug-likeness (QED) is 0.699. The van der Waals surface area contributed by atoms with E-state index in [4.69, 9.17) is 0 Å². The van der Waals surface area contributed by atoms with E-state index in [1.807, 2.05) is 24.8 Å². The fraction of sp³-hybridized carbons (Fsp3) is 0.222. The molecule has 1 atom stereocenters. The standard InChI is InChI=1S/C9H11N3/c1-2-4-11-9(3-1)7-12-6-5-10-8-12/h1-6,8-9,11H,7H2. The molecule has 0 aliphatic carbocycles. The van der Waals surface area contributed by atoms with Crippen LogP contribution in [0.1, 0.15) is 0 Å². The summed E-state index contributed by atoms with van der Waals surface area (Å²) >= 11 is 0. The molecule has 0 amide bonds. The molecule has 0 fully saturated rings. The number of aromatic nitrogens is 2. The highest BCUT2D eigenvalue weighted by molar-refractivity contribution is 5.11. The highest BCUT2D eigenvalue weighted by atomic mass is 15.1. The first-order valence-corrected chi connectivity index (χ1v) is 4.00. The number of nitrogens with one attached hydrogen (secondary N) is 1. The minimum atomic E-state index is 0.393. The Kier molecular flexibility index (Phi) is 1.94. The average Bonchev–Trinajstić information content (AvgIpc) is 2.59. The van der Waals surface area contributed by atoms with E-state index >= 15 is 0 Å². The molecule has 1 unspecified atom stereocenters. The molecule has 62 valence electrons. The van der Waals surface area contributed by atoms with Crippen LogP contribution in [0.3, 0.4) is 0 Å². The molecule has 1 aliphatic heterocycles. The van der Waals surface area contributed by atoms with Crippen LogP contribution in [0.5, 0.6) is 0 Å². The summed E-state index contributed by atoms with van der Waals surface area (Å²) in [6, 6.07) is 0.393. The van der Waals surface area contributed by atoms with E-state index < -0.39 is 0 Å². The van der Waals surface area contributed by atoms with Crippen LogP contribution in [0.2, 0.25) is 0 Å². The first-order valence-electron chi connectivity index (χ1n) is 4.00. The number of rotatable bonds is 2. The van der Waals surface area contributed by atoms with Crippen molar-refractivity contribution in [2.24, 2.45) is 0 Å². The Balaban J connectivity index is 1.96. The second-order valence-corrected chi connectivity index (χ2v) is 2.78. The normalized spacial score (nSPS) is 20.8. The van der Waals surface area contributed by atoms with Gasteiger partial charge in [-0.1, -0.05) is 12.2 Å². The zero-order valence-corrected chi connectivity index (χ0v) is 6.72. The van der Waals surface area contributed by atoms with E-state index in [1.54, 1.807) is 6.20 Å². The van der Waals surface area contributed by atoms with Crippen LogP contribution in [0.15, 0.2) is 43.1 Å². The Morgan fingerprint density at radius 1 is 1.42 bits per heavy atom. The third-order valence-corrected chi connectivity index (χ3v) is 1.83. The van der Waals surface area contributed by atoms with Crippen molar-refractivity contribution >= 4 is 0 Å². The van der Waals surface area contributed by atoms with Gasteiger partial charge in [0.05, 0.1) is 12.4 Å². The first kappa shape index (κ1) is 7.16. The number of hydrogen-bond donors (Lipinski definition) is 1. The zero-order valence-electron chi connectivity index (χ0n) is 6.72. The summed E-state index contributed by atoms with van der Waals surface area (Å²) in [7, 11) is 0. The summed E-state index contributed by atoms with van der Waals surface area (Å²) in [5.41, 5.74) is 0. The fourth-order valence-electron chi connectivity index (χ4n) is 1.22. The van der Waals surface area contributed by atoms with Crippen molar-refractivity contribution in [3.05, 3.63) is 43.1 Å². The molecule has 0 radical (unpaired) electrons. The van der Waals surface area contributed by atoms with Crippen LogP contribution >= 0.6 is 0 Å². The molecule has 0 aromatic carbocycles. The highest BCUT2D eigenvalue weighted by Gasteiger charge is 2.03. The van der Waals surface area contributed by atoms with Crippen LogP contribution < -0.4 is 5.32 Å². The van der Waals surface area contributed by atoms with E-state index in [9.17, 15) is 0 Å². The number of hydrogen-bond acceptors (Lipinski definition) is 2. The SMILES string of the molecule is C1=CNC(Cn2ccnc2)C=C1. The van der Waals surface area contributed by atoms with E-state index in [0.717, 1.165) is 6.54 Å². The summed E-state index contributed by atoms with van der Waals surface area (Å²) in [4.78, 5) is 3.98. The predicted molar refractivity (Wildman–Crippen MR) is 47.4 cm³/mol. The molecule has 2 heterocycles. The maximum absolute atomic E-state index is 3.98. The second kappa shape index (κ2) is 3.26. The lowest BCUT2D eigenvalue weighted by Crippen LogP contribution is -2.28. The molecule has 1 aromatic heterocycles. The van der Waals surface area contributed by atoms with Gasteiger partial charge in [-0.05, 0) is 12.3 Å². The Labute approximate surface area is 71.4 Å². The third-order valence-electron chi connectivity index (χ3n) is 1.83. The topological polar surface area (TPSA) is 29.9 Å².